The maximum atomic E-state index is 12.1. The molecule has 0 unspecified atom stereocenters. The van der Waals surface area contributed by atoms with Crippen LogP contribution in [0.5, 0.6) is 0 Å². The third-order valence-corrected chi connectivity index (χ3v) is 7.43. The highest BCUT2D eigenvalue weighted by Gasteiger charge is 2.23. The number of rotatable bonds is 10. The molecule has 4 N–H and O–H groups in total. The summed E-state index contributed by atoms with van der Waals surface area (Å²) in [6.07, 6.45) is 11.4. The number of carbonyl (C=O) groups excluding carboxylic acids is 1. The lowest BCUT2D eigenvalue weighted by atomic mass is 9.91. The fourth-order valence-corrected chi connectivity index (χ4v) is 5.30. The summed E-state index contributed by atoms with van der Waals surface area (Å²) >= 11 is 6.52. The van der Waals surface area contributed by atoms with Crippen molar-refractivity contribution < 1.29 is 4.79 Å². The van der Waals surface area contributed by atoms with Gasteiger partial charge in [0, 0.05) is 59.6 Å². The molecule has 0 aliphatic heterocycles. The van der Waals surface area contributed by atoms with Crippen LogP contribution in [0.2, 0.25) is 5.02 Å². The molecule has 0 saturated heterocycles. The fourth-order valence-electron chi connectivity index (χ4n) is 5.10. The number of hydrogen-bond donors (Lipinski definition) is 4. The summed E-state index contributed by atoms with van der Waals surface area (Å²) < 4.78 is 0. The van der Waals surface area contributed by atoms with Crippen molar-refractivity contribution in [3.63, 3.8) is 0 Å². The van der Waals surface area contributed by atoms with Crippen LogP contribution in [0.4, 0.5) is 11.6 Å². The first-order chi connectivity index (χ1) is 19.4. The van der Waals surface area contributed by atoms with Gasteiger partial charge in [-0.1, -0.05) is 48.0 Å². The predicted molar refractivity (Wildman–Crippen MR) is 164 cm³/mol. The molecule has 40 heavy (non-hydrogen) atoms. The van der Waals surface area contributed by atoms with Gasteiger partial charge in [-0.15, -0.1) is 0 Å². The molecule has 2 aromatic carbocycles. The number of benzene rings is 2. The van der Waals surface area contributed by atoms with Gasteiger partial charge in [0.25, 0.3) is 0 Å². The molecule has 8 nitrogen and oxygen atoms in total. The Morgan fingerprint density at radius 3 is 2.75 bits per heavy atom. The highest BCUT2D eigenvalue weighted by molar-refractivity contribution is 6.33. The minimum atomic E-state index is -0.119. The monoisotopic (exact) mass is 557 g/mol. The summed E-state index contributed by atoms with van der Waals surface area (Å²) in [5.74, 6) is 0.483. The van der Waals surface area contributed by atoms with Crippen LogP contribution in [-0.4, -0.2) is 58.5 Å². The van der Waals surface area contributed by atoms with E-state index in [0.29, 0.717) is 17.0 Å². The highest BCUT2D eigenvalue weighted by atomic mass is 35.5. The number of likely N-dealkylation sites (N-methyl/N-ethyl adjacent to an activating group) is 1. The summed E-state index contributed by atoms with van der Waals surface area (Å²) in [6, 6.07) is 16.8. The number of halogens is 1. The Morgan fingerprint density at radius 1 is 1.12 bits per heavy atom. The molecule has 2 heterocycles. The van der Waals surface area contributed by atoms with Crippen LogP contribution in [0.15, 0.2) is 73.1 Å². The summed E-state index contributed by atoms with van der Waals surface area (Å²) in [5.41, 5.74) is 4.72. The van der Waals surface area contributed by atoms with Crippen molar-refractivity contribution in [1.82, 2.24) is 25.2 Å². The first kappa shape index (κ1) is 27.8. The van der Waals surface area contributed by atoms with Gasteiger partial charge in [-0.2, -0.15) is 0 Å². The number of aromatic amines is 1. The number of para-hydroxylation sites is 1. The van der Waals surface area contributed by atoms with Crippen molar-refractivity contribution >= 4 is 40.0 Å². The molecular weight excluding hydrogens is 522 g/mol. The molecule has 208 valence electrons. The SMILES string of the molecule is CN(C)C/C=C/C(=O)Nc1ccc(CN[C@H]2CCC[C@@H](Nc3ncc(Cl)c(-c4c[nH]c5ccccc45)n3)C2)cc1. The molecule has 2 aromatic heterocycles. The molecule has 2 atom stereocenters. The zero-order chi connectivity index (χ0) is 27.9. The Bertz CT molecular complexity index is 1460. The average Bonchev–Trinajstić information content (AvgIpc) is 3.38. The molecule has 1 saturated carbocycles. The third-order valence-electron chi connectivity index (χ3n) is 7.15. The van der Waals surface area contributed by atoms with E-state index in [2.05, 4.69) is 44.1 Å². The van der Waals surface area contributed by atoms with E-state index in [1.807, 2.05) is 61.6 Å². The number of aromatic nitrogens is 3. The lowest BCUT2D eigenvalue weighted by Crippen LogP contribution is -2.38. The van der Waals surface area contributed by atoms with Crippen LogP contribution in [0.1, 0.15) is 31.2 Å². The molecule has 4 aromatic rings. The van der Waals surface area contributed by atoms with Crippen LogP contribution in [0.25, 0.3) is 22.2 Å². The molecule has 1 fully saturated rings. The van der Waals surface area contributed by atoms with Gasteiger partial charge >= 0.3 is 0 Å². The van der Waals surface area contributed by atoms with E-state index in [-0.39, 0.29) is 11.9 Å². The Balaban J connectivity index is 1.14. The number of anilines is 2. The number of carbonyl (C=O) groups is 1. The third kappa shape index (κ3) is 7.27. The van der Waals surface area contributed by atoms with Gasteiger partial charge in [-0.3, -0.25) is 4.79 Å². The van der Waals surface area contributed by atoms with Crippen LogP contribution in [0, 0.1) is 0 Å². The Hall–Kier alpha value is -3.72. The second kappa shape index (κ2) is 13.1. The van der Waals surface area contributed by atoms with Gasteiger partial charge in [-0.25, -0.2) is 9.97 Å². The van der Waals surface area contributed by atoms with Gasteiger partial charge < -0.3 is 25.8 Å². The lowest BCUT2D eigenvalue weighted by molar-refractivity contribution is -0.111. The number of nitrogens with one attached hydrogen (secondary N) is 4. The fraction of sp³-hybridized carbons (Fsp3) is 0.323. The van der Waals surface area contributed by atoms with E-state index in [1.54, 1.807) is 12.3 Å². The maximum absolute atomic E-state index is 12.1. The van der Waals surface area contributed by atoms with Crippen molar-refractivity contribution in [2.75, 3.05) is 31.3 Å². The van der Waals surface area contributed by atoms with Crippen molar-refractivity contribution in [2.24, 2.45) is 0 Å². The van der Waals surface area contributed by atoms with Crippen LogP contribution >= 0.6 is 11.6 Å². The van der Waals surface area contributed by atoms with Gasteiger partial charge in [0.2, 0.25) is 11.9 Å². The molecule has 1 amide bonds. The zero-order valence-corrected chi connectivity index (χ0v) is 23.7. The Morgan fingerprint density at radius 2 is 1.93 bits per heavy atom. The average molecular weight is 558 g/mol. The topological polar surface area (TPSA) is 98.0 Å². The van der Waals surface area contributed by atoms with E-state index in [4.69, 9.17) is 16.6 Å². The van der Waals surface area contributed by atoms with E-state index in [1.165, 1.54) is 5.56 Å². The summed E-state index contributed by atoms with van der Waals surface area (Å²) in [6.45, 7) is 1.50. The maximum Gasteiger partial charge on any atom is 0.248 e. The van der Waals surface area contributed by atoms with E-state index in [9.17, 15) is 4.79 Å². The van der Waals surface area contributed by atoms with Gasteiger partial charge in [0.1, 0.15) is 0 Å². The second-order valence-electron chi connectivity index (χ2n) is 10.6. The van der Waals surface area contributed by atoms with Crippen LogP contribution in [-0.2, 0) is 11.3 Å². The molecule has 1 aliphatic carbocycles. The lowest BCUT2D eigenvalue weighted by Gasteiger charge is -2.30. The quantitative estimate of drug-likeness (QED) is 0.183. The molecule has 1 aliphatic rings. The van der Waals surface area contributed by atoms with Crippen molar-refractivity contribution in [1.29, 1.82) is 0 Å². The smallest absolute Gasteiger partial charge is 0.248 e. The van der Waals surface area contributed by atoms with Crippen molar-refractivity contribution in [3.05, 3.63) is 83.7 Å². The first-order valence-corrected chi connectivity index (χ1v) is 14.1. The molecule has 9 heteroatoms. The Kier molecular flexibility index (Phi) is 9.11. The standard InChI is InChI=1S/C31H36ClN7O/c1-39(2)16-6-11-29(40)36-22-14-12-21(13-15-22)18-33-23-7-5-8-24(17-23)37-31-35-20-27(32)30(38-31)26-19-34-28-10-4-3-9-25(26)28/h3-4,6,9-15,19-20,23-24,33-34H,5,7-8,16-18H2,1-2H3,(H,36,40)(H,35,37,38)/b11-6+/t23-,24+/m0/s1. The van der Waals surface area contributed by atoms with Gasteiger partial charge in [0.05, 0.1) is 16.9 Å². The van der Waals surface area contributed by atoms with Gasteiger partial charge in [0.15, 0.2) is 0 Å². The van der Waals surface area contributed by atoms with Crippen LogP contribution in [0.3, 0.4) is 0 Å². The minimum Gasteiger partial charge on any atom is -0.360 e. The number of amides is 1. The molecule has 5 rings (SSSR count). The van der Waals surface area contributed by atoms with Crippen LogP contribution < -0.4 is 16.0 Å². The van der Waals surface area contributed by atoms with Gasteiger partial charge in [-0.05, 0) is 63.5 Å². The number of H-pyrrole nitrogens is 1. The summed E-state index contributed by atoms with van der Waals surface area (Å²) in [4.78, 5) is 26.6. The van der Waals surface area contributed by atoms with E-state index < -0.39 is 0 Å². The zero-order valence-electron chi connectivity index (χ0n) is 23.0. The summed E-state index contributed by atoms with van der Waals surface area (Å²) in [7, 11) is 3.93. The molecule has 0 radical (unpaired) electrons. The van der Waals surface area contributed by atoms with Crippen molar-refractivity contribution in [2.45, 2.75) is 44.3 Å². The molecule has 0 bridgehead atoms. The summed E-state index contributed by atoms with van der Waals surface area (Å²) in [5, 5.41) is 11.8. The van der Waals surface area contributed by atoms with E-state index in [0.717, 1.165) is 66.6 Å². The van der Waals surface area contributed by atoms with E-state index >= 15 is 0 Å². The predicted octanol–water partition coefficient (Wildman–Crippen LogP) is 5.85. The highest BCUT2D eigenvalue weighted by Crippen LogP contribution is 2.32. The first-order valence-electron chi connectivity index (χ1n) is 13.7. The number of fused-ring (bicyclic) bond motifs is 1. The second-order valence-corrected chi connectivity index (χ2v) is 11.0. The Labute approximate surface area is 240 Å². The van der Waals surface area contributed by atoms with Crippen molar-refractivity contribution in [3.8, 4) is 11.3 Å². The minimum absolute atomic E-state index is 0.119. The molecule has 0 spiro atoms. The number of hydrogen-bond acceptors (Lipinski definition) is 6. The largest absolute Gasteiger partial charge is 0.360 e. The number of nitrogens with zero attached hydrogens (tertiary/aromatic N) is 3. The molecular formula is C31H36ClN7O. The normalized spacial score (nSPS) is 17.5.